The van der Waals surface area contributed by atoms with Gasteiger partial charge in [0.15, 0.2) is 11.5 Å². The lowest BCUT2D eigenvalue weighted by molar-refractivity contribution is 0.273. The molecular weight excluding hydrogens is 270 g/mol. The summed E-state index contributed by atoms with van der Waals surface area (Å²) in [5.41, 5.74) is 0. The molecule has 0 aliphatic rings. The molecule has 0 radical (unpaired) electrons. The summed E-state index contributed by atoms with van der Waals surface area (Å²) < 4.78 is 11.3. The first-order chi connectivity index (χ1) is 9.81. The fourth-order valence-electron chi connectivity index (χ4n) is 1.92. The summed E-state index contributed by atoms with van der Waals surface area (Å²) in [7, 11) is 0. The molecule has 1 aromatic heterocycles. The summed E-state index contributed by atoms with van der Waals surface area (Å²) in [5, 5.41) is 5.55. The second-order valence-corrected chi connectivity index (χ2v) is 5.40. The molecule has 0 aliphatic heterocycles. The van der Waals surface area contributed by atoms with Crippen LogP contribution in [0.2, 0.25) is 0 Å². The molecule has 0 bridgehead atoms. The molecule has 2 aromatic rings. The van der Waals surface area contributed by atoms with E-state index in [1.807, 2.05) is 31.2 Å². The van der Waals surface area contributed by atoms with E-state index in [-0.39, 0.29) is 0 Å². The van der Waals surface area contributed by atoms with Crippen LogP contribution in [0.5, 0.6) is 11.5 Å². The highest BCUT2D eigenvalue weighted by Gasteiger charge is 2.06. The van der Waals surface area contributed by atoms with Crippen LogP contribution in [0, 0.1) is 0 Å². The van der Waals surface area contributed by atoms with Crippen molar-refractivity contribution in [2.45, 2.75) is 19.9 Å². The molecule has 0 saturated heterocycles. The first-order valence-corrected chi connectivity index (χ1v) is 7.80. The highest BCUT2D eigenvalue weighted by atomic mass is 32.1. The molecule has 4 heteroatoms. The Bertz CT molecular complexity index is 499. The van der Waals surface area contributed by atoms with Crippen LogP contribution < -0.4 is 14.8 Å². The van der Waals surface area contributed by atoms with Gasteiger partial charge in [-0.25, -0.2) is 0 Å². The maximum Gasteiger partial charge on any atom is 0.161 e. The lowest BCUT2D eigenvalue weighted by Gasteiger charge is -2.14. The standard InChI is InChI=1S/C16H21NO2S/c1-3-18-14-7-4-5-8-15(14)19-11-10-17-13(2)16-9-6-12-20-16/h4-9,12-13,17H,3,10-11H2,1-2H3/t13-/m0/s1. The van der Waals surface area contributed by atoms with E-state index in [1.165, 1.54) is 4.88 Å². The maximum absolute atomic E-state index is 5.77. The van der Waals surface area contributed by atoms with Crippen LogP contribution in [0.3, 0.4) is 0 Å². The summed E-state index contributed by atoms with van der Waals surface area (Å²) in [6, 6.07) is 12.4. The van der Waals surface area contributed by atoms with Gasteiger partial charge in [0.1, 0.15) is 6.61 Å². The molecule has 3 nitrogen and oxygen atoms in total. The number of para-hydroxylation sites is 2. The molecule has 0 aliphatic carbocycles. The van der Waals surface area contributed by atoms with Gasteiger partial charge in [-0.3, -0.25) is 0 Å². The lowest BCUT2D eigenvalue weighted by atomic mass is 10.3. The first kappa shape index (κ1) is 14.9. The largest absolute Gasteiger partial charge is 0.490 e. The lowest BCUT2D eigenvalue weighted by Crippen LogP contribution is -2.23. The van der Waals surface area contributed by atoms with Gasteiger partial charge in [0.25, 0.3) is 0 Å². The molecule has 0 amide bonds. The fourth-order valence-corrected chi connectivity index (χ4v) is 2.68. The summed E-state index contributed by atoms with van der Waals surface area (Å²) in [4.78, 5) is 1.35. The van der Waals surface area contributed by atoms with E-state index in [0.717, 1.165) is 18.0 Å². The van der Waals surface area contributed by atoms with Gasteiger partial charge >= 0.3 is 0 Å². The van der Waals surface area contributed by atoms with Crippen molar-refractivity contribution in [2.24, 2.45) is 0 Å². The number of rotatable bonds is 8. The van der Waals surface area contributed by atoms with Crippen molar-refractivity contribution in [3.8, 4) is 11.5 Å². The molecule has 108 valence electrons. The van der Waals surface area contributed by atoms with Gasteiger partial charge < -0.3 is 14.8 Å². The van der Waals surface area contributed by atoms with Crippen molar-refractivity contribution in [2.75, 3.05) is 19.8 Å². The number of thiophene rings is 1. The average molecular weight is 291 g/mol. The zero-order chi connectivity index (χ0) is 14.2. The predicted molar refractivity (Wildman–Crippen MR) is 83.8 cm³/mol. The Labute approximate surface area is 124 Å². The summed E-state index contributed by atoms with van der Waals surface area (Å²) in [6.45, 7) is 6.22. The van der Waals surface area contributed by atoms with Crippen molar-refractivity contribution in [1.29, 1.82) is 0 Å². The van der Waals surface area contributed by atoms with Crippen molar-refractivity contribution in [3.63, 3.8) is 0 Å². The number of hydrogen-bond donors (Lipinski definition) is 1. The summed E-state index contributed by atoms with van der Waals surface area (Å²) in [6.07, 6.45) is 0. The topological polar surface area (TPSA) is 30.5 Å². The maximum atomic E-state index is 5.77. The van der Waals surface area contributed by atoms with E-state index in [1.54, 1.807) is 11.3 Å². The van der Waals surface area contributed by atoms with Gasteiger partial charge in [-0.05, 0) is 37.4 Å². The first-order valence-electron chi connectivity index (χ1n) is 6.92. The zero-order valence-electron chi connectivity index (χ0n) is 12.0. The Hall–Kier alpha value is -1.52. The minimum Gasteiger partial charge on any atom is -0.490 e. The molecule has 0 spiro atoms. The Morgan fingerprint density at radius 1 is 1.10 bits per heavy atom. The number of nitrogens with one attached hydrogen (secondary N) is 1. The number of ether oxygens (including phenoxy) is 2. The predicted octanol–water partition coefficient (Wildman–Crippen LogP) is 3.88. The van der Waals surface area contributed by atoms with Gasteiger partial charge in [-0.2, -0.15) is 0 Å². The Morgan fingerprint density at radius 2 is 1.85 bits per heavy atom. The second-order valence-electron chi connectivity index (χ2n) is 4.42. The van der Waals surface area contributed by atoms with Gasteiger partial charge in [0, 0.05) is 17.5 Å². The van der Waals surface area contributed by atoms with Crippen molar-refractivity contribution < 1.29 is 9.47 Å². The Morgan fingerprint density at radius 3 is 2.50 bits per heavy atom. The molecule has 1 N–H and O–H groups in total. The van der Waals surface area contributed by atoms with Gasteiger partial charge in [-0.1, -0.05) is 18.2 Å². The van der Waals surface area contributed by atoms with E-state index in [2.05, 4.69) is 29.8 Å². The average Bonchev–Trinajstić information content (AvgIpc) is 2.99. The normalized spacial score (nSPS) is 12.1. The third kappa shape index (κ3) is 4.25. The van der Waals surface area contributed by atoms with Crippen molar-refractivity contribution in [1.82, 2.24) is 5.32 Å². The van der Waals surface area contributed by atoms with Crippen LogP contribution in [0.25, 0.3) is 0 Å². The number of hydrogen-bond acceptors (Lipinski definition) is 4. The molecule has 1 aromatic carbocycles. The monoisotopic (exact) mass is 291 g/mol. The van der Waals surface area contributed by atoms with E-state index >= 15 is 0 Å². The highest BCUT2D eigenvalue weighted by molar-refractivity contribution is 7.10. The molecule has 2 rings (SSSR count). The smallest absolute Gasteiger partial charge is 0.161 e. The molecule has 1 heterocycles. The molecule has 0 unspecified atom stereocenters. The summed E-state index contributed by atoms with van der Waals surface area (Å²) >= 11 is 1.77. The Kier molecular flexibility index (Phi) is 5.89. The van der Waals surface area contributed by atoms with Crippen LogP contribution >= 0.6 is 11.3 Å². The molecule has 0 saturated carbocycles. The SMILES string of the molecule is CCOc1ccccc1OCCN[C@@H](C)c1cccs1. The molecule has 1 atom stereocenters. The molecular formula is C16H21NO2S. The zero-order valence-corrected chi connectivity index (χ0v) is 12.8. The third-order valence-electron chi connectivity index (χ3n) is 2.93. The van der Waals surface area contributed by atoms with Gasteiger partial charge in [0.2, 0.25) is 0 Å². The van der Waals surface area contributed by atoms with E-state index in [9.17, 15) is 0 Å². The summed E-state index contributed by atoms with van der Waals surface area (Å²) in [5.74, 6) is 1.61. The minimum absolute atomic E-state index is 0.362. The highest BCUT2D eigenvalue weighted by Crippen LogP contribution is 2.26. The Balaban J connectivity index is 1.76. The van der Waals surface area contributed by atoms with Crippen molar-refractivity contribution >= 4 is 11.3 Å². The second kappa shape index (κ2) is 7.92. The third-order valence-corrected chi connectivity index (χ3v) is 3.98. The quantitative estimate of drug-likeness (QED) is 0.749. The minimum atomic E-state index is 0.362. The van der Waals surface area contributed by atoms with Crippen LogP contribution in [0.15, 0.2) is 41.8 Å². The van der Waals surface area contributed by atoms with Crippen LogP contribution in [0.4, 0.5) is 0 Å². The van der Waals surface area contributed by atoms with E-state index < -0.39 is 0 Å². The van der Waals surface area contributed by atoms with E-state index in [0.29, 0.717) is 19.3 Å². The fraction of sp³-hybridized carbons (Fsp3) is 0.375. The number of benzene rings is 1. The van der Waals surface area contributed by atoms with Crippen LogP contribution in [0.1, 0.15) is 24.8 Å². The van der Waals surface area contributed by atoms with Crippen LogP contribution in [-0.4, -0.2) is 19.8 Å². The van der Waals surface area contributed by atoms with Crippen molar-refractivity contribution in [3.05, 3.63) is 46.7 Å². The van der Waals surface area contributed by atoms with E-state index in [4.69, 9.17) is 9.47 Å². The molecule has 20 heavy (non-hydrogen) atoms. The van der Waals surface area contributed by atoms with Gasteiger partial charge in [0.05, 0.1) is 6.61 Å². The van der Waals surface area contributed by atoms with Gasteiger partial charge in [-0.15, -0.1) is 11.3 Å². The van der Waals surface area contributed by atoms with Crippen LogP contribution in [-0.2, 0) is 0 Å². The molecule has 0 fully saturated rings.